The highest BCUT2D eigenvalue weighted by molar-refractivity contribution is 7.92. The van der Waals surface area contributed by atoms with E-state index in [1.54, 1.807) is 29.2 Å². The van der Waals surface area contributed by atoms with Crippen LogP contribution in [0, 0.1) is 0 Å². The number of benzene rings is 3. The predicted molar refractivity (Wildman–Crippen MR) is 132 cm³/mol. The lowest BCUT2D eigenvalue weighted by Crippen LogP contribution is -2.38. The first-order valence-electron chi connectivity index (χ1n) is 11.0. The summed E-state index contributed by atoms with van der Waals surface area (Å²) in [6, 6.07) is 19.7. The maximum atomic E-state index is 13.1. The van der Waals surface area contributed by atoms with Gasteiger partial charge < -0.3 is 14.4 Å². The zero-order chi connectivity index (χ0) is 25.2. The summed E-state index contributed by atoms with van der Waals surface area (Å²) in [7, 11) is -0.991. The van der Waals surface area contributed by atoms with Gasteiger partial charge in [0, 0.05) is 18.8 Å². The third kappa shape index (κ3) is 4.85. The van der Waals surface area contributed by atoms with Crippen LogP contribution in [-0.4, -0.2) is 47.1 Å². The molecule has 0 fully saturated rings. The van der Waals surface area contributed by atoms with Crippen molar-refractivity contribution < 1.29 is 27.5 Å². The molecule has 3 aromatic rings. The fourth-order valence-corrected chi connectivity index (χ4v) is 5.34. The molecule has 4 rings (SSSR count). The molecule has 35 heavy (non-hydrogen) atoms. The van der Waals surface area contributed by atoms with E-state index in [4.69, 9.17) is 9.47 Å². The van der Waals surface area contributed by atoms with Crippen LogP contribution in [0.4, 0.5) is 11.4 Å². The SMILES string of the molecule is COc1ccc(N(C)S(=O)(=O)c2cccc(C(=O)OCC(=O)N3c4ccccc4CC3C)c2)cc1. The molecule has 1 aliphatic rings. The number of rotatable bonds is 7. The summed E-state index contributed by atoms with van der Waals surface area (Å²) < 4.78 is 37.8. The summed E-state index contributed by atoms with van der Waals surface area (Å²) >= 11 is 0. The first-order valence-corrected chi connectivity index (χ1v) is 12.5. The maximum absolute atomic E-state index is 13.1. The molecule has 182 valence electrons. The molecule has 0 saturated carbocycles. The number of anilines is 2. The van der Waals surface area contributed by atoms with E-state index in [-0.39, 0.29) is 22.4 Å². The van der Waals surface area contributed by atoms with Crippen LogP contribution < -0.4 is 13.9 Å². The first-order chi connectivity index (χ1) is 16.7. The van der Waals surface area contributed by atoms with E-state index in [9.17, 15) is 18.0 Å². The number of amides is 1. The summed E-state index contributed by atoms with van der Waals surface area (Å²) in [5.74, 6) is -0.507. The number of esters is 1. The Labute approximate surface area is 204 Å². The molecule has 1 aliphatic heterocycles. The predicted octanol–water partition coefficient (Wildman–Crippen LogP) is 3.65. The van der Waals surface area contributed by atoms with Crippen LogP contribution in [0.15, 0.2) is 77.7 Å². The van der Waals surface area contributed by atoms with Crippen LogP contribution in [-0.2, 0) is 26.0 Å². The lowest BCUT2D eigenvalue weighted by atomic mass is 10.1. The Morgan fingerprint density at radius 3 is 2.46 bits per heavy atom. The Morgan fingerprint density at radius 2 is 1.74 bits per heavy atom. The number of para-hydroxylation sites is 1. The fourth-order valence-electron chi connectivity index (χ4n) is 4.10. The van der Waals surface area contributed by atoms with Crippen molar-refractivity contribution in [2.45, 2.75) is 24.3 Å². The molecule has 0 radical (unpaired) electrons. The van der Waals surface area contributed by atoms with Crippen LogP contribution >= 0.6 is 0 Å². The number of methoxy groups -OCH3 is 1. The Morgan fingerprint density at radius 1 is 1.03 bits per heavy atom. The minimum Gasteiger partial charge on any atom is -0.497 e. The van der Waals surface area contributed by atoms with Gasteiger partial charge in [0.1, 0.15) is 5.75 Å². The number of nitrogens with zero attached hydrogens (tertiary/aromatic N) is 2. The van der Waals surface area contributed by atoms with Gasteiger partial charge >= 0.3 is 5.97 Å². The number of hydrogen-bond donors (Lipinski definition) is 0. The Balaban J connectivity index is 1.46. The highest BCUT2D eigenvalue weighted by Crippen LogP contribution is 2.32. The normalized spacial score (nSPS) is 14.8. The molecule has 0 spiro atoms. The lowest BCUT2D eigenvalue weighted by Gasteiger charge is -2.22. The molecule has 1 heterocycles. The maximum Gasteiger partial charge on any atom is 0.338 e. The first kappa shape index (κ1) is 24.3. The number of hydrogen-bond acceptors (Lipinski definition) is 6. The highest BCUT2D eigenvalue weighted by atomic mass is 32.2. The standard InChI is InChI=1S/C26H26N2O6S/c1-18-15-19-7-4-5-10-24(19)28(18)25(29)17-34-26(30)20-8-6-9-23(16-20)35(31,32)27(2)21-11-13-22(33-3)14-12-21/h4-14,16,18H,15,17H2,1-3H3. The van der Waals surface area contributed by atoms with Gasteiger partial charge in [-0.25, -0.2) is 13.2 Å². The van der Waals surface area contributed by atoms with Gasteiger partial charge in [0.2, 0.25) is 0 Å². The zero-order valence-electron chi connectivity index (χ0n) is 19.7. The Bertz CT molecular complexity index is 1350. The van der Waals surface area contributed by atoms with Crippen molar-refractivity contribution in [2.75, 3.05) is 30.0 Å². The molecule has 1 amide bonds. The van der Waals surface area contributed by atoms with E-state index in [2.05, 4.69) is 0 Å². The van der Waals surface area contributed by atoms with Crippen molar-refractivity contribution in [3.8, 4) is 5.75 Å². The van der Waals surface area contributed by atoms with E-state index in [1.807, 2.05) is 31.2 Å². The van der Waals surface area contributed by atoms with Crippen LogP contribution in [0.3, 0.4) is 0 Å². The highest BCUT2D eigenvalue weighted by Gasteiger charge is 2.31. The van der Waals surface area contributed by atoms with Crippen LogP contribution in [0.25, 0.3) is 0 Å². The van der Waals surface area contributed by atoms with Gasteiger partial charge in [-0.05, 0) is 67.4 Å². The average Bonchev–Trinajstić information content (AvgIpc) is 3.22. The lowest BCUT2D eigenvalue weighted by molar-refractivity contribution is -0.122. The van der Waals surface area contributed by atoms with Crippen molar-refractivity contribution in [2.24, 2.45) is 0 Å². The molecule has 9 heteroatoms. The monoisotopic (exact) mass is 494 g/mol. The second-order valence-corrected chi connectivity index (χ2v) is 10.2. The molecule has 0 bridgehead atoms. The van der Waals surface area contributed by atoms with E-state index >= 15 is 0 Å². The van der Waals surface area contributed by atoms with Gasteiger partial charge in [0.15, 0.2) is 6.61 Å². The van der Waals surface area contributed by atoms with Crippen molar-refractivity contribution in [3.63, 3.8) is 0 Å². The van der Waals surface area contributed by atoms with Crippen molar-refractivity contribution in [3.05, 3.63) is 83.9 Å². The topological polar surface area (TPSA) is 93.2 Å². The molecule has 3 aromatic carbocycles. The van der Waals surface area contributed by atoms with E-state index in [0.717, 1.165) is 22.0 Å². The van der Waals surface area contributed by atoms with Gasteiger partial charge in [-0.15, -0.1) is 0 Å². The third-order valence-electron chi connectivity index (χ3n) is 5.97. The van der Waals surface area contributed by atoms with Crippen LogP contribution in [0.1, 0.15) is 22.8 Å². The molecular weight excluding hydrogens is 468 g/mol. The van der Waals surface area contributed by atoms with Gasteiger partial charge in [-0.2, -0.15) is 0 Å². The number of carbonyl (C=O) groups is 2. The van der Waals surface area contributed by atoms with Gasteiger partial charge in [-0.1, -0.05) is 24.3 Å². The summed E-state index contributed by atoms with van der Waals surface area (Å²) in [4.78, 5) is 27.0. The van der Waals surface area contributed by atoms with Crippen molar-refractivity contribution in [1.82, 2.24) is 0 Å². The summed E-state index contributed by atoms with van der Waals surface area (Å²) in [5.41, 5.74) is 2.36. The number of carbonyl (C=O) groups excluding carboxylic acids is 2. The van der Waals surface area contributed by atoms with Gasteiger partial charge in [0.25, 0.3) is 15.9 Å². The average molecular weight is 495 g/mol. The van der Waals surface area contributed by atoms with Crippen molar-refractivity contribution >= 4 is 33.3 Å². The van der Waals surface area contributed by atoms with E-state index < -0.39 is 22.6 Å². The largest absolute Gasteiger partial charge is 0.497 e. The minimum atomic E-state index is -3.94. The number of sulfonamides is 1. The zero-order valence-corrected chi connectivity index (χ0v) is 20.5. The molecule has 0 N–H and O–H groups in total. The third-order valence-corrected chi connectivity index (χ3v) is 7.75. The van der Waals surface area contributed by atoms with E-state index in [0.29, 0.717) is 11.4 Å². The minimum absolute atomic E-state index is 0.0388. The van der Waals surface area contributed by atoms with Crippen LogP contribution in [0.2, 0.25) is 0 Å². The molecular formula is C26H26N2O6S. The smallest absolute Gasteiger partial charge is 0.338 e. The molecule has 0 aliphatic carbocycles. The second-order valence-electron chi connectivity index (χ2n) is 8.22. The summed E-state index contributed by atoms with van der Waals surface area (Å²) in [6.07, 6.45) is 0.734. The van der Waals surface area contributed by atoms with Crippen molar-refractivity contribution in [1.29, 1.82) is 0 Å². The number of fused-ring (bicyclic) bond motifs is 1. The molecule has 0 saturated heterocycles. The van der Waals surface area contributed by atoms with Gasteiger partial charge in [-0.3, -0.25) is 9.10 Å². The Hall–Kier alpha value is -3.85. The molecule has 0 aromatic heterocycles. The fraction of sp³-hybridized carbons (Fsp3) is 0.231. The summed E-state index contributed by atoms with van der Waals surface area (Å²) in [6.45, 7) is 1.49. The number of ether oxygens (including phenoxy) is 2. The Kier molecular flexibility index (Phi) is 6.79. The van der Waals surface area contributed by atoms with Crippen LogP contribution in [0.5, 0.6) is 5.75 Å². The van der Waals surface area contributed by atoms with E-state index in [1.165, 1.54) is 38.4 Å². The molecule has 8 nitrogen and oxygen atoms in total. The summed E-state index contributed by atoms with van der Waals surface area (Å²) in [5, 5.41) is 0. The van der Waals surface area contributed by atoms with Gasteiger partial charge in [0.05, 0.1) is 23.3 Å². The second kappa shape index (κ2) is 9.79. The molecule has 1 atom stereocenters. The quantitative estimate of drug-likeness (QED) is 0.466. The molecule has 1 unspecified atom stereocenters.